The van der Waals surface area contributed by atoms with Gasteiger partial charge in [0, 0.05) is 11.3 Å². The Bertz CT molecular complexity index is 376. The van der Waals surface area contributed by atoms with Crippen LogP contribution >= 0.6 is 11.8 Å². The number of rotatable bonds is 5. The quantitative estimate of drug-likeness (QED) is 0.859. The van der Waals surface area contributed by atoms with Gasteiger partial charge in [-0.2, -0.15) is 11.8 Å². The third-order valence-electron chi connectivity index (χ3n) is 3.72. The zero-order valence-electron chi connectivity index (χ0n) is 10.2. The summed E-state index contributed by atoms with van der Waals surface area (Å²) in [5.74, 6) is 1.00. The van der Waals surface area contributed by atoms with E-state index in [9.17, 15) is 0 Å². The lowest BCUT2D eigenvalue weighted by molar-refractivity contribution is 0.431. The molecule has 5 nitrogen and oxygen atoms in total. The fraction of sp³-hybridized carbons (Fsp3) is 0.909. The third kappa shape index (κ3) is 2.63. The Labute approximate surface area is 106 Å². The van der Waals surface area contributed by atoms with E-state index in [0.717, 1.165) is 17.6 Å². The van der Waals surface area contributed by atoms with E-state index in [1.54, 1.807) is 0 Å². The second-order valence-corrected chi connectivity index (χ2v) is 6.16. The Hall–Kier alpha value is -0.620. The van der Waals surface area contributed by atoms with Crippen LogP contribution in [0.15, 0.2) is 0 Å². The zero-order chi connectivity index (χ0) is 11.7. The predicted octanol–water partition coefficient (Wildman–Crippen LogP) is 1.38. The summed E-state index contributed by atoms with van der Waals surface area (Å²) in [5, 5.41) is 16.4. The zero-order valence-corrected chi connectivity index (χ0v) is 11.0. The van der Waals surface area contributed by atoms with Gasteiger partial charge in [0.1, 0.15) is 0 Å². The number of nitrogens with one attached hydrogen (secondary N) is 1. The van der Waals surface area contributed by atoms with Crippen LogP contribution in [0.25, 0.3) is 0 Å². The molecule has 2 atom stereocenters. The maximum atomic E-state index is 4.17. The number of thioether (sulfide) groups is 1. The van der Waals surface area contributed by atoms with E-state index in [4.69, 9.17) is 0 Å². The van der Waals surface area contributed by atoms with Gasteiger partial charge < -0.3 is 5.32 Å². The van der Waals surface area contributed by atoms with Gasteiger partial charge >= 0.3 is 0 Å². The van der Waals surface area contributed by atoms with Crippen LogP contribution in [0.2, 0.25) is 0 Å². The van der Waals surface area contributed by atoms with Crippen LogP contribution in [-0.4, -0.2) is 37.8 Å². The molecule has 0 bridgehead atoms. The van der Waals surface area contributed by atoms with Gasteiger partial charge in [-0.3, -0.25) is 0 Å². The lowest BCUT2D eigenvalue weighted by Crippen LogP contribution is -2.21. The van der Waals surface area contributed by atoms with E-state index in [1.807, 2.05) is 16.4 Å². The maximum absolute atomic E-state index is 4.17. The average Bonchev–Trinajstić information content (AvgIpc) is 2.89. The van der Waals surface area contributed by atoms with Crippen molar-refractivity contribution in [1.29, 1.82) is 0 Å². The van der Waals surface area contributed by atoms with Gasteiger partial charge in [-0.05, 0) is 48.8 Å². The molecule has 1 aromatic heterocycles. The molecule has 2 fully saturated rings. The highest BCUT2D eigenvalue weighted by molar-refractivity contribution is 7.99. The SMILES string of the molecule is CSC1CCC(n2nnnc2CNC2CC2)C1. The van der Waals surface area contributed by atoms with Crippen LogP contribution in [0.3, 0.4) is 0 Å². The summed E-state index contributed by atoms with van der Waals surface area (Å²) in [6.45, 7) is 0.818. The summed E-state index contributed by atoms with van der Waals surface area (Å²) in [4.78, 5) is 0. The van der Waals surface area contributed by atoms with Gasteiger partial charge in [-0.25, -0.2) is 4.68 Å². The topological polar surface area (TPSA) is 55.6 Å². The van der Waals surface area contributed by atoms with E-state index in [2.05, 4.69) is 27.1 Å². The molecule has 17 heavy (non-hydrogen) atoms. The van der Waals surface area contributed by atoms with Gasteiger partial charge in [0.15, 0.2) is 5.82 Å². The Morgan fingerprint density at radius 1 is 1.35 bits per heavy atom. The first-order valence-corrected chi connectivity index (χ1v) is 7.68. The first-order chi connectivity index (χ1) is 8.36. The minimum absolute atomic E-state index is 0.512. The fourth-order valence-corrected chi connectivity index (χ4v) is 3.28. The van der Waals surface area contributed by atoms with Crippen molar-refractivity contribution in [2.45, 2.75) is 56.0 Å². The van der Waals surface area contributed by atoms with E-state index in [1.165, 1.54) is 32.1 Å². The summed E-state index contributed by atoms with van der Waals surface area (Å²) in [6.07, 6.45) is 8.53. The standard InChI is InChI=1S/C11H19N5S/c1-17-10-5-4-9(6-10)16-11(13-14-15-16)7-12-8-2-3-8/h8-10,12H,2-7H2,1H3. The third-order valence-corrected chi connectivity index (χ3v) is 4.82. The summed E-state index contributed by atoms with van der Waals surface area (Å²) < 4.78 is 2.05. The van der Waals surface area contributed by atoms with Gasteiger partial charge in [0.25, 0.3) is 0 Å². The summed E-state index contributed by atoms with van der Waals surface area (Å²) in [7, 11) is 0. The molecule has 0 spiro atoms. The predicted molar refractivity (Wildman–Crippen MR) is 67.9 cm³/mol. The Kier molecular flexibility index (Phi) is 3.33. The molecule has 0 amide bonds. The normalized spacial score (nSPS) is 28.8. The number of tetrazole rings is 1. The number of aromatic nitrogens is 4. The van der Waals surface area contributed by atoms with Gasteiger partial charge in [0.2, 0.25) is 0 Å². The van der Waals surface area contributed by atoms with Crippen molar-refractivity contribution < 1.29 is 0 Å². The van der Waals surface area contributed by atoms with Gasteiger partial charge in [0.05, 0.1) is 12.6 Å². The maximum Gasteiger partial charge on any atom is 0.165 e. The number of hydrogen-bond donors (Lipinski definition) is 1. The highest BCUT2D eigenvalue weighted by Gasteiger charge is 2.28. The Morgan fingerprint density at radius 3 is 2.94 bits per heavy atom. The lowest BCUT2D eigenvalue weighted by Gasteiger charge is -2.12. The molecule has 0 aromatic carbocycles. The first kappa shape index (κ1) is 11.5. The van der Waals surface area contributed by atoms with Crippen molar-refractivity contribution in [1.82, 2.24) is 25.5 Å². The molecular weight excluding hydrogens is 234 g/mol. The minimum atomic E-state index is 0.512. The Balaban J connectivity index is 1.63. The minimum Gasteiger partial charge on any atom is -0.307 e. The molecule has 2 aliphatic rings. The van der Waals surface area contributed by atoms with Crippen molar-refractivity contribution in [3.63, 3.8) is 0 Å². The molecule has 2 unspecified atom stereocenters. The van der Waals surface area contributed by atoms with Gasteiger partial charge in [-0.15, -0.1) is 5.10 Å². The number of hydrogen-bond acceptors (Lipinski definition) is 5. The molecule has 3 rings (SSSR count). The largest absolute Gasteiger partial charge is 0.307 e. The van der Waals surface area contributed by atoms with E-state index >= 15 is 0 Å². The van der Waals surface area contributed by atoms with Crippen molar-refractivity contribution in [3.8, 4) is 0 Å². The van der Waals surface area contributed by atoms with Crippen LogP contribution < -0.4 is 5.32 Å². The molecule has 0 radical (unpaired) electrons. The number of nitrogens with zero attached hydrogens (tertiary/aromatic N) is 4. The second-order valence-electron chi connectivity index (χ2n) is 5.02. The smallest absolute Gasteiger partial charge is 0.165 e. The van der Waals surface area contributed by atoms with Crippen molar-refractivity contribution >= 4 is 11.8 Å². The van der Waals surface area contributed by atoms with Crippen LogP contribution in [-0.2, 0) is 6.54 Å². The highest BCUT2D eigenvalue weighted by atomic mass is 32.2. The first-order valence-electron chi connectivity index (χ1n) is 6.39. The summed E-state index contributed by atoms with van der Waals surface area (Å²) in [5.41, 5.74) is 0. The van der Waals surface area contributed by atoms with Crippen LogP contribution in [0.1, 0.15) is 44.0 Å². The lowest BCUT2D eigenvalue weighted by atomic mass is 10.2. The molecule has 2 saturated carbocycles. The monoisotopic (exact) mass is 253 g/mol. The molecule has 6 heteroatoms. The van der Waals surface area contributed by atoms with Crippen LogP contribution in [0, 0.1) is 0 Å². The summed E-state index contributed by atoms with van der Waals surface area (Å²) in [6, 6.07) is 1.22. The average molecular weight is 253 g/mol. The molecule has 0 aliphatic heterocycles. The molecule has 0 saturated heterocycles. The van der Waals surface area contributed by atoms with Crippen molar-refractivity contribution in [2.75, 3.05) is 6.26 Å². The van der Waals surface area contributed by atoms with Crippen molar-refractivity contribution in [2.24, 2.45) is 0 Å². The van der Waals surface area contributed by atoms with Gasteiger partial charge in [-0.1, -0.05) is 0 Å². The molecule has 1 N–H and O–H groups in total. The molecule has 1 aromatic rings. The van der Waals surface area contributed by atoms with Crippen LogP contribution in [0.5, 0.6) is 0 Å². The highest BCUT2D eigenvalue weighted by Crippen LogP contribution is 2.35. The van der Waals surface area contributed by atoms with E-state index in [0.29, 0.717) is 12.1 Å². The second kappa shape index (κ2) is 4.94. The van der Waals surface area contributed by atoms with Crippen molar-refractivity contribution in [3.05, 3.63) is 5.82 Å². The molecule has 2 aliphatic carbocycles. The summed E-state index contributed by atoms with van der Waals surface area (Å²) >= 11 is 1.97. The van der Waals surface area contributed by atoms with E-state index in [-0.39, 0.29) is 0 Å². The Morgan fingerprint density at radius 2 is 2.24 bits per heavy atom. The fourth-order valence-electron chi connectivity index (χ4n) is 2.49. The molecule has 94 valence electrons. The molecular formula is C11H19N5S. The van der Waals surface area contributed by atoms with Crippen LogP contribution in [0.4, 0.5) is 0 Å². The van der Waals surface area contributed by atoms with E-state index < -0.39 is 0 Å². The molecule has 1 heterocycles.